The molecule has 0 unspecified atom stereocenters. The van der Waals surface area contributed by atoms with Crippen LogP contribution in [0.15, 0.2) is 24.3 Å². The SMILES string of the molecule is COc1cc(C=CC=O)ccc1O[C@H](CO)CO[C@@H]1O[C@H](CO)[C@@H](O)[C@H](O)[C@H]1O. The van der Waals surface area contributed by atoms with Crippen molar-refractivity contribution in [2.75, 3.05) is 26.9 Å². The molecule has 0 spiro atoms. The van der Waals surface area contributed by atoms with Gasteiger partial charge in [0.2, 0.25) is 0 Å². The molecule has 0 aromatic heterocycles. The highest BCUT2D eigenvalue weighted by Crippen LogP contribution is 2.30. The van der Waals surface area contributed by atoms with Crippen LogP contribution in [0.25, 0.3) is 6.08 Å². The van der Waals surface area contributed by atoms with Gasteiger partial charge in [-0.15, -0.1) is 0 Å². The fourth-order valence-corrected chi connectivity index (χ4v) is 2.75. The first-order chi connectivity index (χ1) is 13.9. The molecule has 0 aliphatic carbocycles. The topological polar surface area (TPSA) is 155 Å². The first-order valence-electron chi connectivity index (χ1n) is 8.94. The molecule has 1 aromatic carbocycles. The zero-order valence-corrected chi connectivity index (χ0v) is 15.8. The van der Waals surface area contributed by atoms with E-state index < -0.39 is 50.0 Å². The molecule has 29 heavy (non-hydrogen) atoms. The molecule has 0 saturated carbocycles. The van der Waals surface area contributed by atoms with E-state index in [1.165, 1.54) is 13.2 Å². The Kier molecular flexibility index (Phi) is 8.99. The minimum absolute atomic E-state index is 0.227. The van der Waals surface area contributed by atoms with Gasteiger partial charge in [0.1, 0.15) is 36.8 Å². The number of hydrogen-bond donors (Lipinski definition) is 5. The Morgan fingerprint density at radius 3 is 2.52 bits per heavy atom. The van der Waals surface area contributed by atoms with Gasteiger partial charge >= 0.3 is 0 Å². The van der Waals surface area contributed by atoms with Crippen molar-refractivity contribution in [2.24, 2.45) is 0 Å². The van der Waals surface area contributed by atoms with Crippen molar-refractivity contribution in [3.8, 4) is 11.5 Å². The maximum absolute atomic E-state index is 10.4. The number of ether oxygens (including phenoxy) is 4. The standard InChI is InChI=1S/C19H26O10/c1-26-14-7-11(3-2-6-20)4-5-13(14)28-12(8-21)10-27-19-18(25)17(24)16(23)15(9-22)29-19/h2-7,12,15-19,21-25H,8-10H2,1H3/t12-,15-,16-,17+,18-,19-/m1/s1. The van der Waals surface area contributed by atoms with Gasteiger partial charge in [0.25, 0.3) is 0 Å². The molecule has 0 radical (unpaired) electrons. The lowest BCUT2D eigenvalue weighted by Gasteiger charge is -2.39. The summed E-state index contributed by atoms with van der Waals surface area (Å²) >= 11 is 0. The molecule has 1 aromatic rings. The highest BCUT2D eigenvalue weighted by molar-refractivity contribution is 5.74. The predicted octanol–water partition coefficient (Wildman–Crippen LogP) is -1.54. The molecule has 0 bridgehead atoms. The second-order valence-electron chi connectivity index (χ2n) is 6.36. The van der Waals surface area contributed by atoms with Crippen LogP contribution in [0.2, 0.25) is 0 Å². The van der Waals surface area contributed by atoms with E-state index in [-0.39, 0.29) is 6.61 Å². The highest BCUT2D eigenvalue weighted by atomic mass is 16.7. The molecule has 1 heterocycles. The number of carbonyl (C=O) groups excluding carboxylic acids is 1. The Morgan fingerprint density at radius 2 is 1.90 bits per heavy atom. The van der Waals surface area contributed by atoms with E-state index in [4.69, 9.17) is 18.9 Å². The van der Waals surface area contributed by atoms with Gasteiger partial charge in [-0.05, 0) is 23.8 Å². The number of benzene rings is 1. The van der Waals surface area contributed by atoms with E-state index in [9.17, 15) is 30.3 Å². The largest absolute Gasteiger partial charge is 0.493 e. The normalized spacial score (nSPS) is 28.3. The minimum Gasteiger partial charge on any atom is -0.493 e. The number of rotatable bonds is 10. The van der Waals surface area contributed by atoms with Gasteiger partial charge in [-0.3, -0.25) is 4.79 Å². The summed E-state index contributed by atoms with van der Waals surface area (Å²) in [6, 6.07) is 4.92. The third-order valence-corrected chi connectivity index (χ3v) is 4.35. The van der Waals surface area contributed by atoms with E-state index in [2.05, 4.69) is 0 Å². The third kappa shape index (κ3) is 5.97. The lowest BCUT2D eigenvalue weighted by Crippen LogP contribution is -2.59. The molecule has 5 N–H and O–H groups in total. The van der Waals surface area contributed by atoms with Crippen LogP contribution in [0.1, 0.15) is 5.56 Å². The fraction of sp³-hybridized carbons (Fsp3) is 0.526. The number of carbonyl (C=O) groups is 1. The monoisotopic (exact) mass is 414 g/mol. The quantitative estimate of drug-likeness (QED) is 0.225. The summed E-state index contributed by atoms with van der Waals surface area (Å²) < 4.78 is 21.6. The predicted molar refractivity (Wildman–Crippen MR) is 99.3 cm³/mol. The first kappa shape index (κ1) is 23.2. The molecule has 10 nitrogen and oxygen atoms in total. The number of aliphatic hydroxyl groups is 5. The van der Waals surface area contributed by atoms with Crippen LogP contribution in [0.4, 0.5) is 0 Å². The minimum atomic E-state index is -1.56. The summed E-state index contributed by atoms with van der Waals surface area (Å²) in [5, 5.41) is 48.3. The van der Waals surface area contributed by atoms with Crippen molar-refractivity contribution in [1.29, 1.82) is 0 Å². The van der Waals surface area contributed by atoms with E-state index in [1.54, 1.807) is 24.3 Å². The van der Waals surface area contributed by atoms with Crippen LogP contribution in [0, 0.1) is 0 Å². The zero-order valence-electron chi connectivity index (χ0n) is 15.8. The van der Waals surface area contributed by atoms with Gasteiger partial charge < -0.3 is 44.5 Å². The number of allylic oxidation sites excluding steroid dienone is 1. The summed E-state index contributed by atoms with van der Waals surface area (Å²) in [5.74, 6) is 0.677. The molecule has 0 amide bonds. The van der Waals surface area contributed by atoms with Crippen molar-refractivity contribution < 1.29 is 49.3 Å². The van der Waals surface area contributed by atoms with E-state index >= 15 is 0 Å². The molecule has 162 valence electrons. The molecule has 1 fully saturated rings. The van der Waals surface area contributed by atoms with Gasteiger partial charge in [0.15, 0.2) is 17.8 Å². The van der Waals surface area contributed by atoms with Crippen LogP contribution < -0.4 is 9.47 Å². The summed E-state index contributed by atoms with van der Waals surface area (Å²) in [5.41, 5.74) is 0.708. The van der Waals surface area contributed by atoms with Crippen LogP contribution in [0.3, 0.4) is 0 Å². The maximum atomic E-state index is 10.4. The summed E-state index contributed by atoms with van der Waals surface area (Å²) in [6.07, 6.45) is -4.33. The molecule has 1 aliphatic rings. The average molecular weight is 414 g/mol. The van der Waals surface area contributed by atoms with Crippen LogP contribution in [-0.2, 0) is 14.3 Å². The lowest BCUT2D eigenvalue weighted by molar-refractivity contribution is -0.304. The van der Waals surface area contributed by atoms with E-state index in [0.29, 0.717) is 23.3 Å². The lowest BCUT2D eigenvalue weighted by atomic mass is 9.99. The van der Waals surface area contributed by atoms with Crippen molar-refractivity contribution in [3.05, 3.63) is 29.8 Å². The summed E-state index contributed by atoms with van der Waals surface area (Å²) in [6.45, 7) is -1.24. The molecule has 1 aliphatic heterocycles. The number of aldehydes is 1. The molecular formula is C19H26O10. The number of methoxy groups -OCH3 is 1. The highest BCUT2D eigenvalue weighted by Gasteiger charge is 2.44. The Labute approximate surface area is 167 Å². The molecular weight excluding hydrogens is 388 g/mol. The molecule has 10 heteroatoms. The zero-order chi connectivity index (χ0) is 21.4. The first-order valence-corrected chi connectivity index (χ1v) is 8.94. The van der Waals surface area contributed by atoms with Crippen molar-refractivity contribution in [1.82, 2.24) is 0 Å². The van der Waals surface area contributed by atoms with Gasteiger partial charge in [0.05, 0.1) is 26.9 Å². The third-order valence-electron chi connectivity index (χ3n) is 4.35. The van der Waals surface area contributed by atoms with Gasteiger partial charge in [-0.25, -0.2) is 0 Å². The Morgan fingerprint density at radius 1 is 1.14 bits per heavy atom. The van der Waals surface area contributed by atoms with Crippen molar-refractivity contribution >= 4 is 12.4 Å². The van der Waals surface area contributed by atoms with Gasteiger partial charge in [0, 0.05) is 0 Å². The summed E-state index contributed by atoms with van der Waals surface area (Å²) in [4.78, 5) is 10.4. The molecule has 2 rings (SSSR count). The fourth-order valence-electron chi connectivity index (χ4n) is 2.75. The smallest absolute Gasteiger partial charge is 0.186 e. The maximum Gasteiger partial charge on any atom is 0.186 e. The van der Waals surface area contributed by atoms with Gasteiger partial charge in [-0.1, -0.05) is 12.1 Å². The Hall–Kier alpha value is -2.05. The van der Waals surface area contributed by atoms with E-state index in [1.807, 2.05) is 0 Å². The Bertz CT molecular complexity index is 677. The van der Waals surface area contributed by atoms with E-state index in [0.717, 1.165) is 0 Å². The number of hydrogen-bond acceptors (Lipinski definition) is 10. The van der Waals surface area contributed by atoms with Crippen LogP contribution >= 0.6 is 0 Å². The number of aliphatic hydroxyl groups excluding tert-OH is 5. The van der Waals surface area contributed by atoms with Gasteiger partial charge in [-0.2, -0.15) is 0 Å². The Balaban J connectivity index is 2.01. The summed E-state index contributed by atoms with van der Waals surface area (Å²) in [7, 11) is 1.44. The second-order valence-corrected chi connectivity index (χ2v) is 6.36. The van der Waals surface area contributed by atoms with Crippen LogP contribution in [0.5, 0.6) is 11.5 Å². The average Bonchev–Trinajstić information content (AvgIpc) is 2.75. The molecule has 1 saturated heterocycles. The van der Waals surface area contributed by atoms with Crippen LogP contribution in [-0.4, -0.2) is 95.6 Å². The van der Waals surface area contributed by atoms with Crippen molar-refractivity contribution in [3.63, 3.8) is 0 Å². The van der Waals surface area contributed by atoms with Crippen molar-refractivity contribution in [2.45, 2.75) is 36.8 Å². The second kappa shape index (κ2) is 11.2. The molecule has 6 atom stereocenters.